The molecule has 3 heteroatoms. The second-order valence-electron chi connectivity index (χ2n) is 4.43. The average Bonchev–Trinajstić information content (AvgIpc) is 3.02. The van der Waals surface area contributed by atoms with Crippen molar-refractivity contribution < 1.29 is 9.84 Å². The highest BCUT2D eigenvalue weighted by Gasteiger charge is 2.38. The van der Waals surface area contributed by atoms with E-state index in [2.05, 4.69) is 0 Å². The second kappa shape index (κ2) is 3.39. The van der Waals surface area contributed by atoms with Gasteiger partial charge in [0.2, 0.25) is 0 Å². The molecule has 1 saturated carbocycles. The van der Waals surface area contributed by atoms with Gasteiger partial charge in [-0.05, 0) is 37.0 Å². The van der Waals surface area contributed by atoms with Crippen LogP contribution >= 0.6 is 11.6 Å². The Kier molecular flexibility index (Phi) is 2.15. The predicted molar refractivity (Wildman–Crippen MR) is 58.2 cm³/mol. The van der Waals surface area contributed by atoms with Crippen LogP contribution in [0.1, 0.15) is 30.9 Å². The molecule has 0 aromatic heterocycles. The van der Waals surface area contributed by atoms with Crippen LogP contribution in [-0.4, -0.2) is 11.2 Å². The Morgan fingerprint density at radius 1 is 1.33 bits per heavy atom. The van der Waals surface area contributed by atoms with Crippen molar-refractivity contribution in [2.75, 3.05) is 0 Å². The fourth-order valence-electron chi connectivity index (χ4n) is 2.20. The Bertz CT molecular complexity index is 387. The molecule has 1 aliphatic heterocycles. The predicted octanol–water partition coefficient (Wildman–Crippen LogP) is 2.93. The molecule has 1 aromatic carbocycles. The number of rotatable bonds is 1. The van der Waals surface area contributed by atoms with Gasteiger partial charge in [-0.3, -0.25) is 0 Å². The summed E-state index contributed by atoms with van der Waals surface area (Å²) in [6.07, 6.45) is 2.96. The molecule has 1 heterocycles. The number of hydrogen-bond acceptors (Lipinski definition) is 2. The maximum absolute atomic E-state index is 9.99. The first kappa shape index (κ1) is 9.49. The molecule has 2 aliphatic rings. The van der Waals surface area contributed by atoms with Crippen LogP contribution in [0.3, 0.4) is 0 Å². The lowest BCUT2D eigenvalue weighted by molar-refractivity contribution is 0.0551. The second-order valence-corrected chi connectivity index (χ2v) is 4.86. The minimum Gasteiger partial charge on any atom is -0.490 e. The Morgan fingerprint density at radius 2 is 2.13 bits per heavy atom. The first-order valence-electron chi connectivity index (χ1n) is 5.38. The number of aliphatic hydroxyl groups excluding tert-OH is 1. The summed E-state index contributed by atoms with van der Waals surface area (Å²) in [5.41, 5.74) is 0.833. The summed E-state index contributed by atoms with van der Waals surface area (Å²) in [6.45, 7) is 0. The van der Waals surface area contributed by atoms with Crippen LogP contribution < -0.4 is 4.74 Å². The summed E-state index contributed by atoms with van der Waals surface area (Å²) in [4.78, 5) is 0. The van der Waals surface area contributed by atoms with Gasteiger partial charge in [-0.25, -0.2) is 0 Å². The molecule has 15 heavy (non-hydrogen) atoms. The maximum Gasteiger partial charge on any atom is 0.125 e. The fourth-order valence-corrected chi connectivity index (χ4v) is 2.38. The van der Waals surface area contributed by atoms with E-state index < -0.39 is 6.10 Å². The minimum absolute atomic E-state index is 0.202. The van der Waals surface area contributed by atoms with Crippen molar-refractivity contribution >= 4 is 11.6 Å². The van der Waals surface area contributed by atoms with Gasteiger partial charge in [0.05, 0.1) is 6.10 Å². The first-order valence-corrected chi connectivity index (χ1v) is 5.76. The molecule has 1 fully saturated rings. The molecule has 1 N–H and O–H groups in total. The van der Waals surface area contributed by atoms with Gasteiger partial charge >= 0.3 is 0 Å². The van der Waals surface area contributed by atoms with Crippen molar-refractivity contribution in [3.63, 3.8) is 0 Å². The zero-order chi connectivity index (χ0) is 10.4. The third-order valence-corrected chi connectivity index (χ3v) is 3.45. The van der Waals surface area contributed by atoms with E-state index in [4.69, 9.17) is 16.3 Å². The van der Waals surface area contributed by atoms with Crippen LogP contribution in [0.25, 0.3) is 0 Å². The molecule has 0 radical (unpaired) electrons. The van der Waals surface area contributed by atoms with Crippen molar-refractivity contribution in [2.24, 2.45) is 5.92 Å². The molecule has 0 saturated heterocycles. The summed E-state index contributed by atoms with van der Waals surface area (Å²) < 4.78 is 5.86. The molecular formula is C12H13ClO2. The van der Waals surface area contributed by atoms with Gasteiger partial charge in [-0.1, -0.05) is 11.6 Å². The molecule has 1 aliphatic carbocycles. The summed E-state index contributed by atoms with van der Waals surface area (Å²) in [5.74, 6) is 1.46. The molecule has 2 atom stereocenters. The molecular weight excluding hydrogens is 212 g/mol. The highest BCUT2D eigenvalue weighted by Crippen LogP contribution is 2.44. The molecule has 1 unspecified atom stereocenters. The molecule has 2 nitrogen and oxygen atoms in total. The lowest BCUT2D eigenvalue weighted by atomic mass is 9.97. The van der Waals surface area contributed by atoms with Gasteiger partial charge in [0.15, 0.2) is 0 Å². The van der Waals surface area contributed by atoms with Gasteiger partial charge < -0.3 is 9.84 Å². The van der Waals surface area contributed by atoms with E-state index in [0.29, 0.717) is 17.4 Å². The molecule has 0 bridgehead atoms. The Hall–Kier alpha value is -0.730. The van der Waals surface area contributed by atoms with Crippen molar-refractivity contribution in [1.82, 2.24) is 0 Å². The van der Waals surface area contributed by atoms with Gasteiger partial charge in [0, 0.05) is 17.0 Å². The van der Waals surface area contributed by atoms with Crippen molar-refractivity contribution in [2.45, 2.75) is 31.5 Å². The summed E-state index contributed by atoms with van der Waals surface area (Å²) in [6, 6.07) is 5.46. The lowest BCUT2D eigenvalue weighted by Gasteiger charge is -2.29. The van der Waals surface area contributed by atoms with Crippen molar-refractivity contribution in [1.29, 1.82) is 0 Å². The molecule has 3 rings (SSSR count). The monoisotopic (exact) mass is 224 g/mol. The summed E-state index contributed by atoms with van der Waals surface area (Å²) in [5, 5.41) is 10.6. The number of benzene rings is 1. The Balaban J connectivity index is 1.93. The Morgan fingerprint density at radius 3 is 2.87 bits per heavy atom. The largest absolute Gasteiger partial charge is 0.490 e. The number of hydrogen-bond donors (Lipinski definition) is 1. The molecule has 0 spiro atoms. The maximum atomic E-state index is 9.99. The van der Waals surface area contributed by atoms with Gasteiger partial charge in [-0.15, -0.1) is 0 Å². The normalized spacial score (nSPS) is 29.5. The minimum atomic E-state index is -0.418. The third-order valence-electron chi connectivity index (χ3n) is 3.21. The van der Waals surface area contributed by atoms with Crippen LogP contribution in [0.4, 0.5) is 0 Å². The SMILES string of the molecule is O[C@@H]1CC(C2CC2)Oc2ccc(Cl)cc21. The van der Waals surface area contributed by atoms with E-state index in [-0.39, 0.29) is 6.10 Å². The lowest BCUT2D eigenvalue weighted by Crippen LogP contribution is -2.27. The highest BCUT2D eigenvalue weighted by molar-refractivity contribution is 6.30. The summed E-state index contributed by atoms with van der Waals surface area (Å²) in [7, 11) is 0. The van der Waals surface area contributed by atoms with E-state index in [1.165, 1.54) is 12.8 Å². The van der Waals surface area contributed by atoms with E-state index in [1.807, 2.05) is 12.1 Å². The van der Waals surface area contributed by atoms with E-state index in [9.17, 15) is 5.11 Å². The van der Waals surface area contributed by atoms with Crippen LogP contribution in [0.15, 0.2) is 18.2 Å². The quantitative estimate of drug-likeness (QED) is 0.795. The third kappa shape index (κ3) is 1.72. The number of fused-ring (bicyclic) bond motifs is 1. The van der Waals surface area contributed by atoms with Crippen LogP contribution in [-0.2, 0) is 0 Å². The van der Waals surface area contributed by atoms with Crippen LogP contribution in [0.2, 0.25) is 5.02 Å². The average molecular weight is 225 g/mol. The zero-order valence-corrected chi connectivity index (χ0v) is 9.07. The number of aliphatic hydroxyl groups is 1. The van der Waals surface area contributed by atoms with E-state index in [0.717, 1.165) is 11.3 Å². The standard InChI is InChI=1S/C12H13ClO2/c13-8-3-4-11-9(5-8)10(14)6-12(15-11)7-1-2-7/h3-5,7,10,12,14H,1-2,6H2/t10-,12?/m1/s1. The van der Waals surface area contributed by atoms with E-state index >= 15 is 0 Å². The topological polar surface area (TPSA) is 29.5 Å². The van der Waals surface area contributed by atoms with Gasteiger partial charge in [0.25, 0.3) is 0 Å². The smallest absolute Gasteiger partial charge is 0.125 e. The molecule has 1 aromatic rings. The van der Waals surface area contributed by atoms with Gasteiger partial charge in [0.1, 0.15) is 11.9 Å². The molecule has 0 amide bonds. The number of ether oxygens (including phenoxy) is 1. The van der Waals surface area contributed by atoms with Crippen LogP contribution in [0.5, 0.6) is 5.75 Å². The van der Waals surface area contributed by atoms with Crippen molar-refractivity contribution in [3.05, 3.63) is 28.8 Å². The van der Waals surface area contributed by atoms with E-state index in [1.54, 1.807) is 6.07 Å². The highest BCUT2D eigenvalue weighted by atomic mass is 35.5. The summed E-state index contributed by atoms with van der Waals surface area (Å²) >= 11 is 5.89. The molecule has 80 valence electrons. The first-order chi connectivity index (χ1) is 7.24. The number of halogens is 1. The van der Waals surface area contributed by atoms with Gasteiger partial charge in [-0.2, -0.15) is 0 Å². The van der Waals surface area contributed by atoms with Crippen LogP contribution in [0, 0.1) is 5.92 Å². The van der Waals surface area contributed by atoms with Crippen molar-refractivity contribution in [3.8, 4) is 5.75 Å². The fraction of sp³-hybridized carbons (Fsp3) is 0.500. The Labute approximate surface area is 93.8 Å². The zero-order valence-electron chi connectivity index (χ0n) is 8.32.